The van der Waals surface area contributed by atoms with E-state index in [1.807, 2.05) is 4.57 Å². The van der Waals surface area contributed by atoms with E-state index >= 15 is 0 Å². The highest BCUT2D eigenvalue weighted by Gasteiger charge is 2.24. The molecule has 3 aromatic heterocycles. The monoisotopic (exact) mass is 544 g/mol. The summed E-state index contributed by atoms with van der Waals surface area (Å²) < 4.78 is 20.3. The Morgan fingerprint density at radius 3 is 2.42 bits per heavy atom. The molecule has 0 fully saturated rings. The zero-order valence-corrected chi connectivity index (χ0v) is 22.9. The Bertz CT molecular complexity index is 1410. The van der Waals surface area contributed by atoms with Crippen LogP contribution in [-0.2, 0) is 9.53 Å². The SMILES string of the molecule is COC(=O)c1c(-c2ccc(F)cc2)csc1NC(=O)CSc1nnc(-c2csc(C)c2C)n1C(C)C. The fourth-order valence-electron chi connectivity index (χ4n) is 3.65. The van der Waals surface area contributed by atoms with E-state index in [0.29, 0.717) is 21.3 Å². The summed E-state index contributed by atoms with van der Waals surface area (Å²) in [6, 6.07) is 5.90. The highest BCUT2D eigenvalue weighted by atomic mass is 32.2. The number of anilines is 1. The van der Waals surface area contributed by atoms with Crippen molar-refractivity contribution in [3.63, 3.8) is 0 Å². The van der Waals surface area contributed by atoms with Gasteiger partial charge in [0.25, 0.3) is 0 Å². The van der Waals surface area contributed by atoms with Crippen molar-refractivity contribution in [1.82, 2.24) is 14.8 Å². The van der Waals surface area contributed by atoms with Crippen molar-refractivity contribution in [3.05, 3.63) is 56.8 Å². The van der Waals surface area contributed by atoms with Crippen LogP contribution in [0, 0.1) is 19.7 Å². The van der Waals surface area contributed by atoms with Gasteiger partial charge in [0.15, 0.2) is 11.0 Å². The number of nitrogens with zero attached hydrogens (tertiary/aromatic N) is 3. The highest BCUT2D eigenvalue weighted by Crippen LogP contribution is 2.37. The minimum Gasteiger partial charge on any atom is -0.465 e. The zero-order chi connectivity index (χ0) is 26.0. The van der Waals surface area contributed by atoms with E-state index in [4.69, 9.17) is 4.74 Å². The minimum atomic E-state index is -0.579. The third-order valence-electron chi connectivity index (χ3n) is 5.63. The van der Waals surface area contributed by atoms with Gasteiger partial charge < -0.3 is 10.1 Å². The lowest BCUT2D eigenvalue weighted by Gasteiger charge is -2.14. The van der Waals surface area contributed by atoms with Gasteiger partial charge in [0.1, 0.15) is 16.4 Å². The smallest absolute Gasteiger partial charge is 0.341 e. The number of aromatic nitrogens is 3. The number of esters is 1. The van der Waals surface area contributed by atoms with Gasteiger partial charge in [0, 0.05) is 32.8 Å². The van der Waals surface area contributed by atoms with Crippen LogP contribution in [0.15, 0.2) is 40.2 Å². The van der Waals surface area contributed by atoms with Gasteiger partial charge in [-0.2, -0.15) is 0 Å². The molecule has 36 heavy (non-hydrogen) atoms. The van der Waals surface area contributed by atoms with Gasteiger partial charge in [-0.25, -0.2) is 9.18 Å². The molecule has 188 valence electrons. The Kier molecular flexibility index (Phi) is 7.91. The van der Waals surface area contributed by atoms with E-state index in [1.165, 1.54) is 52.8 Å². The molecular weight excluding hydrogens is 519 g/mol. The average molecular weight is 545 g/mol. The van der Waals surface area contributed by atoms with Crippen molar-refractivity contribution < 1.29 is 18.7 Å². The minimum absolute atomic E-state index is 0.0803. The fraction of sp³-hybridized carbons (Fsp3) is 0.280. The second kappa shape index (κ2) is 10.9. The zero-order valence-electron chi connectivity index (χ0n) is 20.4. The van der Waals surface area contributed by atoms with Crippen molar-refractivity contribution in [2.45, 2.75) is 38.9 Å². The van der Waals surface area contributed by atoms with Gasteiger partial charge in [-0.3, -0.25) is 9.36 Å². The third-order valence-corrected chi connectivity index (χ3v) is 8.48. The van der Waals surface area contributed by atoms with Crippen LogP contribution in [0.5, 0.6) is 0 Å². The fourth-order valence-corrected chi connectivity index (χ4v) is 6.35. The Hall–Kier alpha value is -3.02. The summed E-state index contributed by atoms with van der Waals surface area (Å²) in [5, 5.41) is 16.4. The summed E-state index contributed by atoms with van der Waals surface area (Å²) in [6.45, 7) is 8.25. The number of hydrogen-bond donors (Lipinski definition) is 1. The molecule has 1 N–H and O–H groups in total. The van der Waals surface area contributed by atoms with E-state index < -0.39 is 5.97 Å². The van der Waals surface area contributed by atoms with Crippen LogP contribution < -0.4 is 5.32 Å². The van der Waals surface area contributed by atoms with Crippen LogP contribution in [0.3, 0.4) is 0 Å². The van der Waals surface area contributed by atoms with Crippen molar-refractivity contribution >= 4 is 51.3 Å². The van der Waals surface area contributed by atoms with Crippen LogP contribution in [0.25, 0.3) is 22.5 Å². The molecule has 3 heterocycles. The molecule has 1 amide bonds. The molecule has 11 heteroatoms. The maximum atomic E-state index is 13.4. The lowest BCUT2D eigenvalue weighted by atomic mass is 10.0. The maximum absolute atomic E-state index is 13.4. The van der Waals surface area contributed by atoms with Crippen molar-refractivity contribution in [1.29, 1.82) is 0 Å². The summed E-state index contributed by atoms with van der Waals surface area (Å²) in [5.41, 5.74) is 3.68. The van der Waals surface area contributed by atoms with Gasteiger partial charge in [-0.1, -0.05) is 23.9 Å². The van der Waals surface area contributed by atoms with E-state index in [2.05, 4.69) is 48.6 Å². The van der Waals surface area contributed by atoms with Crippen molar-refractivity contribution in [2.75, 3.05) is 18.2 Å². The van der Waals surface area contributed by atoms with Gasteiger partial charge >= 0.3 is 5.97 Å². The first kappa shape index (κ1) is 26.1. The summed E-state index contributed by atoms with van der Waals surface area (Å²) in [5.74, 6) is -0.383. The first-order chi connectivity index (χ1) is 17.2. The normalized spacial score (nSPS) is 11.2. The molecule has 4 rings (SSSR count). The molecule has 0 saturated heterocycles. The molecule has 0 unspecified atom stereocenters. The van der Waals surface area contributed by atoms with Crippen LogP contribution >= 0.6 is 34.4 Å². The summed E-state index contributed by atoms with van der Waals surface area (Å²) in [4.78, 5) is 26.6. The number of thiophene rings is 2. The van der Waals surface area contributed by atoms with Gasteiger partial charge in [0.05, 0.1) is 12.9 Å². The molecule has 0 saturated carbocycles. The number of thioether (sulfide) groups is 1. The molecule has 0 spiro atoms. The number of nitrogens with one attached hydrogen (secondary N) is 1. The second-order valence-electron chi connectivity index (χ2n) is 8.29. The van der Waals surface area contributed by atoms with E-state index in [1.54, 1.807) is 28.8 Å². The van der Waals surface area contributed by atoms with E-state index in [9.17, 15) is 14.0 Å². The summed E-state index contributed by atoms with van der Waals surface area (Å²) in [7, 11) is 1.28. The van der Waals surface area contributed by atoms with Gasteiger partial charge in [-0.05, 0) is 51.0 Å². The predicted octanol–water partition coefficient (Wildman–Crippen LogP) is 6.59. The quantitative estimate of drug-likeness (QED) is 0.199. The van der Waals surface area contributed by atoms with E-state index in [-0.39, 0.29) is 29.1 Å². The van der Waals surface area contributed by atoms with Crippen LogP contribution in [0.4, 0.5) is 9.39 Å². The number of ether oxygens (including phenoxy) is 1. The van der Waals surface area contributed by atoms with Crippen LogP contribution in [0.2, 0.25) is 0 Å². The van der Waals surface area contributed by atoms with Crippen LogP contribution in [0.1, 0.15) is 40.7 Å². The molecule has 0 radical (unpaired) electrons. The molecule has 0 aliphatic carbocycles. The molecule has 4 aromatic rings. The maximum Gasteiger partial charge on any atom is 0.341 e. The van der Waals surface area contributed by atoms with Crippen molar-refractivity contribution in [2.24, 2.45) is 0 Å². The topological polar surface area (TPSA) is 86.1 Å². The van der Waals surface area contributed by atoms with Crippen LogP contribution in [-0.4, -0.2) is 39.5 Å². The lowest BCUT2D eigenvalue weighted by molar-refractivity contribution is -0.113. The summed E-state index contributed by atoms with van der Waals surface area (Å²) >= 11 is 4.17. The Morgan fingerprint density at radius 2 is 1.81 bits per heavy atom. The molecule has 0 aliphatic heterocycles. The number of benzene rings is 1. The molecular formula is C25H25FN4O3S3. The number of carbonyl (C=O) groups is 2. The number of hydrogen-bond acceptors (Lipinski definition) is 8. The molecule has 7 nitrogen and oxygen atoms in total. The molecule has 0 atom stereocenters. The standard InChI is InChI=1S/C25H25FN4O3S3/c1-13(2)30-22(18-10-34-15(4)14(18)3)28-29-25(30)36-12-20(31)27-23-21(24(32)33-5)19(11-35-23)16-6-8-17(26)9-7-16/h6-11,13H,12H2,1-5H3,(H,27,31). The molecule has 0 bridgehead atoms. The number of carbonyl (C=O) groups excluding carboxylic acids is 2. The van der Waals surface area contributed by atoms with Gasteiger partial charge in [0.2, 0.25) is 5.91 Å². The number of rotatable bonds is 8. The molecule has 1 aromatic carbocycles. The number of methoxy groups -OCH3 is 1. The average Bonchev–Trinajstić information content (AvgIpc) is 3.55. The van der Waals surface area contributed by atoms with E-state index in [0.717, 1.165) is 11.4 Å². The molecule has 0 aliphatic rings. The Balaban J connectivity index is 1.53. The number of amides is 1. The lowest BCUT2D eigenvalue weighted by Crippen LogP contribution is -2.16. The number of aryl methyl sites for hydroxylation is 1. The number of halogens is 1. The third kappa shape index (κ3) is 5.23. The highest BCUT2D eigenvalue weighted by molar-refractivity contribution is 7.99. The first-order valence-corrected chi connectivity index (χ1v) is 13.8. The predicted molar refractivity (Wildman–Crippen MR) is 144 cm³/mol. The van der Waals surface area contributed by atoms with Gasteiger partial charge in [-0.15, -0.1) is 32.9 Å². The Morgan fingerprint density at radius 1 is 1.11 bits per heavy atom. The largest absolute Gasteiger partial charge is 0.465 e. The second-order valence-corrected chi connectivity index (χ2v) is 11.2. The Labute approximate surface area is 220 Å². The first-order valence-electron chi connectivity index (χ1n) is 11.1. The summed E-state index contributed by atoms with van der Waals surface area (Å²) in [6.07, 6.45) is 0. The van der Waals surface area contributed by atoms with Crippen molar-refractivity contribution in [3.8, 4) is 22.5 Å².